The zero-order chi connectivity index (χ0) is 56.0. The van der Waals surface area contributed by atoms with Gasteiger partial charge in [-0.3, -0.25) is 0 Å². The van der Waals surface area contributed by atoms with Crippen molar-refractivity contribution >= 4 is 120 Å². The maximum absolute atomic E-state index is 9.74. The molecule has 9 heteroatoms. The average molecular weight is 1060 g/mol. The number of hydrogen-bond donors (Lipinski definition) is 0. The first-order valence-corrected chi connectivity index (χ1v) is 28.4. The summed E-state index contributed by atoms with van der Waals surface area (Å²) in [5.74, 6) is 0. The Morgan fingerprint density at radius 1 is 0.250 bits per heavy atom. The van der Waals surface area contributed by atoms with Crippen molar-refractivity contribution in [2.75, 3.05) is 14.7 Å². The summed E-state index contributed by atoms with van der Waals surface area (Å²) in [6.07, 6.45) is 0. The molecule has 0 saturated heterocycles. The average Bonchev–Trinajstić information content (AvgIpc) is 1.82. The summed E-state index contributed by atoms with van der Waals surface area (Å²) in [7, 11) is 0. The van der Waals surface area contributed by atoms with Crippen LogP contribution < -0.4 is 63.9 Å². The minimum Gasteiger partial charge on any atom is -0.312 e. The van der Waals surface area contributed by atoms with E-state index in [0.717, 1.165) is 33.8 Å². The third kappa shape index (κ3) is 7.25. The molecule has 0 radical (unpaired) electrons. The van der Waals surface area contributed by atoms with E-state index in [4.69, 9.17) is 0 Å². The minimum atomic E-state index is 0.172. The first-order valence-electron chi connectivity index (χ1n) is 28.4. The lowest BCUT2D eigenvalue weighted by molar-refractivity contribution is 1.30. The minimum absolute atomic E-state index is 0.172. The number of nitrogens with zero attached hydrogens (tertiary/aromatic N) is 6. The molecule has 18 rings (SSSR count). The molecule has 384 valence electrons. The first-order chi connectivity index (χ1) is 41.6. The van der Waals surface area contributed by atoms with Gasteiger partial charge in [0.05, 0.1) is 34.9 Å². The molecule has 0 unspecified atom stereocenters. The standard InChI is InChI=1S/3C25H15BN2/c27-16-17-8-6-13-21-24(17)19-11-7-15-23-25(19)26(21)20-12-4-5-14-22(20)28(23)18-9-2-1-3-10-18;27-16-17-13-14-19-20-9-6-12-24-25(20)26(22(19)15-17)21-10-4-5-11-23(21)28(24)18-7-2-1-3-8-18;27-16-17-13-14-21-20(15-17)19-9-6-12-24-25(19)26(21)22-10-4-5-11-23(22)28(24)18-7-2-1-3-8-18/h3*1-15H. The van der Waals surface area contributed by atoms with Gasteiger partial charge in [-0.15, -0.1) is 0 Å². The van der Waals surface area contributed by atoms with Gasteiger partial charge < -0.3 is 14.7 Å². The molecule has 6 heterocycles. The van der Waals surface area contributed by atoms with E-state index in [1.165, 1.54) is 111 Å². The van der Waals surface area contributed by atoms with Crippen molar-refractivity contribution in [3.63, 3.8) is 0 Å². The highest BCUT2D eigenvalue weighted by Crippen LogP contribution is 2.44. The lowest BCUT2D eigenvalue weighted by Gasteiger charge is -2.35. The molecular weight excluding hydrogens is 1020 g/mol. The molecule has 0 aromatic heterocycles. The summed E-state index contributed by atoms with van der Waals surface area (Å²) < 4.78 is 0. The van der Waals surface area contributed by atoms with Crippen molar-refractivity contribution in [1.29, 1.82) is 15.8 Å². The fourth-order valence-corrected chi connectivity index (χ4v) is 14.5. The third-order valence-electron chi connectivity index (χ3n) is 17.7. The SMILES string of the molecule is N#Cc1ccc2c(c1)-c1cccc3c1B2c1ccccc1N3c1ccccc1.N#Cc1ccc2c(c1)B1c3ccccc3N(c3ccccc3)c3cccc-2c31.N#Cc1cccc2c1-c1cccc3c1B2c1ccccc1N3c1ccccc1. The Kier molecular flexibility index (Phi) is 11.3. The van der Waals surface area contributed by atoms with E-state index in [9.17, 15) is 15.8 Å². The van der Waals surface area contributed by atoms with E-state index in [2.05, 4.69) is 269 Å². The summed E-state index contributed by atoms with van der Waals surface area (Å²) in [5.41, 5.74) is 31.8. The number of benzene rings is 12. The van der Waals surface area contributed by atoms with E-state index in [0.29, 0.717) is 5.56 Å². The van der Waals surface area contributed by atoms with Crippen LogP contribution in [0.1, 0.15) is 16.7 Å². The van der Waals surface area contributed by atoms with E-state index in [-0.39, 0.29) is 20.1 Å². The molecule has 0 spiro atoms. The van der Waals surface area contributed by atoms with Crippen LogP contribution in [0.3, 0.4) is 0 Å². The second kappa shape index (κ2) is 19.5. The maximum Gasteiger partial charge on any atom is 0.248 e. The molecule has 0 atom stereocenters. The van der Waals surface area contributed by atoms with Gasteiger partial charge in [-0.1, -0.05) is 186 Å². The highest BCUT2D eigenvalue weighted by Gasteiger charge is 2.45. The molecule has 6 nitrogen and oxygen atoms in total. The number of nitriles is 3. The molecule has 6 aliphatic heterocycles. The highest BCUT2D eigenvalue weighted by molar-refractivity contribution is 7.03. The molecule has 0 saturated carbocycles. The summed E-state index contributed by atoms with van der Waals surface area (Å²) in [6, 6.07) is 102. The molecule has 0 bridgehead atoms. The summed E-state index contributed by atoms with van der Waals surface area (Å²) >= 11 is 0. The van der Waals surface area contributed by atoms with Crippen LogP contribution in [0.2, 0.25) is 0 Å². The van der Waals surface area contributed by atoms with Gasteiger partial charge in [0, 0.05) is 51.2 Å². The zero-order valence-electron chi connectivity index (χ0n) is 45.4. The summed E-state index contributed by atoms with van der Waals surface area (Å²) in [4.78, 5) is 7.08. The lowest BCUT2D eigenvalue weighted by Crippen LogP contribution is -2.54. The van der Waals surface area contributed by atoms with Crippen LogP contribution in [-0.2, 0) is 0 Å². The molecule has 6 aliphatic rings. The Morgan fingerprint density at radius 2 is 0.631 bits per heavy atom. The normalized spacial score (nSPS) is 12.8. The largest absolute Gasteiger partial charge is 0.312 e. The Bertz CT molecular complexity index is 4790. The van der Waals surface area contributed by atoms with Crippen LogP contribution in [0, 0.1) is 34.0 Å². The summed E-state index contributed by atoms with van der Waals surface area (Å²) in [5, 5.41) is 28.6. The van der Waals surface area contributed by atoms with Crippen LogP contribution in [0.15, 0.2) is 273 Å². The Morgan fingerprint density at radius 3 is 1.13 bits per heavy atom. The number of anilines is 9. The van der Waals surface area contributed by atoms with Crippen molar-refractivity contribution in [1.82, 2.24) is 0 Å². The van der Waals surface area contributed by atoms with E-state index >= 15 is 0 Å². The van der Waals surface area contributed by atoms with Crippen LogP contribution in [0.25, 0.3) is 33.4 Å². The van der Waals surface area contributed by atoms with Crippen molar-refractivity contribution in [2.24, 2.45) is 0 Å². The van der Waals surface area contributed by atoms with Crippen LogP contribution in [0.5, 0.6) is 0 Å². The summed E-state index contributed by atoms with van der Waals surface area (Å²) in [6.45, 7) is 0.557. The number of rotatable bonds is 3. The lowest BCUT2D eigenvalue weighted by atomic mass is 9.37. The van der Waals surface area contributed by atoms with Crippen molar-refractivity contribution in [2.45, 2.75) is 0 Å². The molecular formula is C75H45B3N6. The number of para-hydroxylation sites is 6. The van der Waals surface area contributed by atoms with Gasteiger partial charge in [-0.05, 0) is 169 Å². The Labute approximate surface area is 489 Å². The number of hydrogen-bond acceptors (Lipinski definition) is 6. The maximum atomic E-state index is 9.74. The fraction of sp³-hybridized carbons (Fsp3) is 0. The van der Waals surface area contributed by atoms with Crippen molar-refractivity contribution < 1.29 is 0 Å². The molecule has 84 heavy (non-hydrogen) atoms. The third-order valence-corrected chi connectivity index (χ3v) is 17.7. The van der Waals surface area contributed by atoms with Crippen molar-refractivity contribution in [3.05, 3.63) is 290 Å². The molecule has 0 amide bonds. The van der Waals surface area contributed by atoms with E-state index in [1.807, 2.05) is 36.4 Å². The molecule has 12 aromatic carbocycles. The van der Waals surface area contributed by atoms with Gasteiger partial charge in [0.1, 0.15) is 0 Å². The predicted molar refractivity (Wildman–Crippen MR) is 348 cm³/mol. The Hall–Kier alpha value is -11.3. The molecule has 12 aromatic rings. The first kappa shape index (κ1) is 48.6. The molecule has 0 N–H and O–H groups in total. The fourth-order valence-electron chi connectivity index (χ4n) is 14.5. The number of fused-ring (bicyclic) bond motifs is 15. The van der Waals surface area contributed by atoms with Gasteiger partial charge >= 0.3 is 0 Å². The van der Waals surface area contributed by atoms with Gasteiger partial charge in [-0.25, -0.2) is 0 Å². The van der Waals surface area contributed by atoms with Gasteiger partial charge in [0.15, 0.2) is 0 Å². The van der Waals surface area contributed by atoms with Crippen LogP contribution >= 0.6 is 0 Å². The smallest absolute Gasteiger partial charge is 0.248 e. The quantitative estimate of drug-likeness (QED) is 0.164. The molecule has 0 aliphatic carbocycles. The highest BCUT2D eigenvalue weighted by atomic mass is 15.2. The van der Waals surface area contributed by atoms with E-state index in [1.54, 1.807) is 0 Å². The van der Waals surface area contributed by atoms with E-state index < -0.39 is 0 Å². The molecule has 0 fully saturated rings. The van der Waals surface area contributed by atoms with Crippen LogP contribution in [0.4, 0.5) is 51.2 Å². The monoisotopic (exact) mass is 1060 g/mol. The topological polar surface area (TPSA) is 81.1 Å². The Balaban J connectivity index is 0.000000103. The van der Waals surface area contributed by atoms with Gasteiger partial charge in [0.25, 0.3) is 0 Å². The van der Waals surface area contributed by atoms with Gasteiger partial charge in [0.2, 0.25) is 20.1 Å². The van der Waals surface area contributed by atoms with Crippen molar-refractivity contribution in [3.8, 4) is 51.6 Å². The second-order valence-corrected chi connectivity index (χ2v) is 21.9. The van der Waals surface area contributed by atoms with Gasteiger partial charge in [-0.2, -0.15) is 15.8 Å². The predicted octanol–water partition coefficient (Wildman–Crippen LogP) is 11.5. The van der Waals surface area contributed by atoms with Crippen LogP contribution in [-0.4, -0.2) is 20.1 Å². The second-order valence-electron chi connectivity index (χ2n) is 21.9. The zero-order valence-corrected chi connectivity index (χ0v) is 45.4.